The Morgan fingerprint density at radius 1 is 1.17 bits per heavy atom. The average Bonchev–Trinajstić information content (AvgIpc) is 2.85. The van der Waals surface area contributed by atoms with Crippen molar-refractivity contribution >= 4 is 11.8 Å². The second kappa shape index (κ2) is 10.5. The lowest BCUT2D eigenvalue weighted by atomic mass is 10.1. The fourth-order valence-electron chi connectivity index (χ4n) is 2.13. The molecule has 18 heavy (non-hydrogen) atoms. The molecule has 0 bridgehead atoms. The van der Waals surface area contributed by atoms with E-state index in [0.29, 0.717) is 0 Å². The van der Waals surface area contributed by atoms with E-state index in [0.717, 1.165) is 23.9 Å². The first-order valence-corrected chi connectivity index (χ1v) is 8.46. The Hall–Kier alpha value is -0.370. The van der Waals surface area contributed by atoms with E-state index >= 15 is 0 Å². The zero-order valence-electron chi connectivity index (χ0n) is 11.9. The van der Waals surface area contributed by atoms with Crippen molar-refractivity contribution in [1.82, 2.24) is 0 Å². The first-order valence-electron chi connectivity index (χ1n) is 7.48. The standard InChI is InChI=1S/C16H28OS/c1-3-4-5-6-7-8-9-10-11-15(2)14-16-17-12-13-18-16/h14H,2-13H2,1H3/b16-14-. The van der Waals surface area contributed by atoms with E-state index in [1.807, 2.05) is 0 Å². The highest BCUT2D eigenvalue weighted by molar-refractivity contribution is 8.03. The summed E-state index contributed by atoms with van der Waals surface area (Å²) < 4.78 is 5.47. The van der Waals surface area contributed by atoms with Gasteiger partial charge in [-0.2, -0.15) is 0 Å². The maximum atomic E-state index is 5.47. The molecule has 0 unspecified atom stereocenters. The van der Waals surface area contributed by atoms with Crippen LogP contribution in [0.1, 0.15) is 64.7 Å². The van der Waals surface area contributed by atoms with Crippen LogP contribution in [0.2, 0.25) is 0 Å². The summed E-state index contributed by atoms with van der Waals surface area (Å²) >= 11 is 1.80. The van der Waals surface area contributed by atoms with E-state index in [2.05, 4.69) is 19.6 Å². The van der Waals surface area contributed by atoms with Crippen molar-refractivity contribution in [2.75, 3.05) is 12.4 Å². The molecule has 0 radical (unpaired) electrons. The number of allylic oxidation sites excluding steroid dienone is 2. The van der Waals surface area contributed by atoms with Crippen molar-refractivity contribution in [3.8, 4) is 0 Å². The summed E-state index contributed by atoms with van der Waals surface area (Å²) in [5, 5.41) is 1.07. The summed E-state index contributed by atoms with van der Waals surface area (Å²) in [7, 11) is 0. The van der Waals surface area contributed by atoms with Gasteiger partial charge in [-0.1, -0.05) is 75.8 Å². The smallest absolute Gasteiger partial charge is 0.153 e. The molecule has 0 aliphatic carbocycles. The second-order valence-electron chi connectivity index (χ2n) is 5.04. The van der Waals surface area contributed by atoms with Crippen molar-refractivity contribution in [3.05, 3.63) is 23.3 Å². The molecule has 0 N–H and O–H groups in total. The van der Waals surface area contributed by atoms with E-state index in [4.69, 9.17) is 4.74 Å². The Bertz CT molecular complexity index is 250. The zero-order chi connectivity index (χ0) is 13.1. The van der Waals surface area contributed by atoms with Gasteiger partial charge >= 0.3 is 0 Å². The van der Waals surface area contributed by atoms with Crippen LogP contribution in [-0.4, -0.2) is 12.4 Å². The summed E-state index contributed by atoms with van der Waals surface area (Å²) in [6.07, 6.45) is 14.3. The molecule has 1 fully saturated rings. The van der Waals surface area contributed by atoms with Gasteiger partial charge in [-0.15, -0.1) is 0 Å². The number of rotatable bonds is 10. The molecular weight excluding hydrogens is 240 g/mol. The van der Waals surface area contributed by atoms with Crippen LogP contribution in [0.25, 0.3) is 0 Å². The highest BCUT2D eigenvalue weighted by atomic mass is 32.2. The molecule has 1 saturated heterocycles. The molecular formula is C16H28OS. The Kier molecular flexibility index (Phi) is 9.19. The molecule has 0 aromatic carbocycles. The molecule has 2 heteroatoms. The lowest BCUT2D eigenvalue weighted by molar-refractivity contribution is 0.275. The van der Waals surface area contributed by atoms with Gasteiger partial charge in [0.1, 0.15) is 0 Å². The maximum Gasteiger partial charge on any atom is 0.153 e. The lowest BCUT2D eigenvalue weighted by Crippen LogP contribution is -1.84. The predicted molar refractivity (Wildman–Crippen MR) is 82.9 cm³/mol. The van der Waals surface area contributed by atoms with E-state index < -0.39 is 0 Å². The van der Waals surface area contributed by atoms with Gasteiger partial charge < -0.3 is 4.74 Å². The number of hydrogen-bond acceptors (Lipinski definition) is 2. The third-order valence-electron chi connectivity index (χ3n) is 3.25. The topological polar surface area (TPSA) is 9.23 Å². The van der Waals surface area contributed by atoms with Crippen LogP contribution in [0.15, 0.2) is 23.3 Å². The number of ether oxygens (including phenoxy) is 1. The Morgan fingerprint density at radius 3 is 2.44 bits per heavy atom. The first kappa shape index (κ1) is 15.7. The Balaban J connectivity index is 1.91. The average molecular weight is 268 g/mol. The lowest BCUT2D eigenvalue weighted by Gasteiger charge is -2.03. The van der Waals surface area contributed by atoms with Crippen LogP contribution in [0.4, 0.5) is 0 Å². The van der Waals surface area contributed by atoms with Gasteiger partial charge in [0.2, 0.25) is 0 Å². The molecule has 1 aliphatic heterocycles. The quantitative estimate of drug-likeness (QED) is 0.471. The molecule has 0 aromatic heterocycles. The number of unbranched alkanes of at least 4 members (excludes halogenated alkanes) is 7. The number of hydrogen-bond donors (Lipinski definition) is 0. The fraction of sp³-hybridized carbons (Fsp3) is 0.750. The van der Waals surface area contributed by atoms with Crippen LogP contribution in [0.3, 0.4) is 0 Å². The van der Waals surface area contributed by atoms with Crippen LogP contribution in [-0.2, 0) is 4.74 Å². The molecule has 1 rings (SSSR count). The minimum Gasteiger partial charge on any atom is -0.486 e. The monoisotopic (exact) mass is 268 g/mol. The third kappa shape index (κ3) is 7.86. The molecule has 0 spiro atoms. The fourth-order valence-corrected chi connectivity index (χ4v) is 2.92. The van der Waals surface area contributed by atoms with Crippen LogP contribution >= 0.6 is 11.8 Å². The van der Waals surface area contributed by atoms with E-state index in [9.17, 15) is 0 Å². The summed E-state index contributed by atoms with van der Waals surface area (Å²) in [6, 6.07) is 0. The highest BCUT2D eigenvalue weighted by Gasteiger charge is 2.07. The van der Waals surface area contributed by atoms with Crippen LogP contribution in [0, 0.1) is 0 Å². The SMILES string of the molecule is C=C(/C=C1/OCCS1)CCCCCCCCCC. The minimum atomic E-state index is 0.863. The molecule has 0 aromatic rings. The van der Waals surface area contributed by atoms with E-state index in [-0.39, 0.29) is 0 Å². The Morgan fingerprint density at radius 2 is 1.83 bits per heavy atom. The summed E-state index contributed by atoms with van der Waals surface area (Å²) in [4.78, 5) is 0. The minimum absolute atomic E-state index is 0.863. The number of thioether (sulfide) groups is 1. The largest absolute Gasteiger partial charge is 0.486 e. The van der Waals surface area contributed by atoms with Gasteiger partial charge in [0.15, 0.2) is 5.09 Å². The molecule has 1 aliphatic rings. The second-order valence-corrected chi connectivity index (χ2v) is 6.14. The molecule has 1 nitrogen and oxygen atoms in total. The van der Waals surface area contributed by atoms with Gasteiger partial charge in [0, 0.05) is 5.75 Å². The van der Waals surface area contributed by atoms with Crippen molar-refractivity contribution in [1.29, 1.82) is 0 Å². The predicted octanol–water partition coefficient (Wildman–Crippen LogP) is 5.68. The van der Waals surface area contributed by atoms with E-state index in [1.165, 1.54) is 56.9 Å². The molecule has 0 saturated carbocycles. The van der Waals surface area contributed by atoms with Crippen LogP contribution in [0.5, 0.6) is 0 Å². The summed E-state index contributed by atoms with van der Waals surface area (Å²) in [5.74, 6) is 1.09. The van der Waals surface area contributed by atoms with Crippen molar-refractivity contribution in [3.63, 3.8) is 0 Å². The molecule has 104 valence electrons. The van der Waals surface area contributed by atoms with Crippen LogP contribution < -0.4 is 0 Å². The van der Waals surface area contributed by atoms with Crippen molar-refractivity contribution < 1.29 is 4.74 Å². The van der Waals surface area contributed by atoms with Gasteiger partial charge in [0.25, 0.3) is 0 Å². The normalized spacial score (nSPS) is 17.1. The van der Waals surface area contributed by atoms with Gasteiger partial charge in [-0.25, -0.2) is 0 Å². The molecule has 0 atom stereocenters. The maximum absolute atomic E-state index is 5.47. The van der Waals surface area contributed by atoms with Gasteiger partial charge in [-0.05, 0) is 18.9 Å². The van der Waals surface area contributed by atoms with Gasteiger partial charge in [0.05, 0.1) is 6.61 Å². The molecule has 0 amide bonds. The molecule has 1 heterocycles. The van der Waals surface area contributed by atoms with Gasteiger partial charge in [-0.3, -0.25) is 0 Å². The van der Waals surface area contributed by atoms with E-state index in [1.54, 1.807) is 11.8 Å². The first-order chi connectivity index (χ1) is 8.83. The summed E-state index contributed by atoms with van der Waals surface area (Å²) in [5.41, 5.74) is 1.23. The summed E-state index contributed by atoms with van der Waals surface area (Å²) in [6.45, 7) is 7.24. The highest BCUT2D eigenvalue weighted by Crippen LogP contribution is 2.25. The third-order valence-corrected chi connectivity index (χ3v) is 4.14. The zero-order valence-corrected chi connectivity index (χ0v) is 12.7. The van der Waals surface area contributed by atoms with Crippen molar-refractivity contribution in [2.24, 2.45) is 0 Å². The Labute approximate surface area is 117 Å². The van der Waals surface area contributed by atoms with Crippen molar-refractivity contribution in [2.45, 2.75) is 64.7 Å².